The van der Waals surface area contributed by atoms with Crippen molar-refractivity contribution in [3.05, 3.63) is 32.9 Å². The molecular weight excluding hydrogens is 383 g/mol. The van der Waals surface area contributed by atoms with Gasteiger partial charge in [-0.25, -0.2) is 4.79 Å². The van der Waals surface area contributed by atoms with Gasteiger partial charge in [-0.3, -0.25) is 23.9 Å². The monoisotopic (exact) mass is 402 g/mol. The van der Waals surface area contributed by atoms with Gasteiger partial charge in [0.2, 0.25) is 5.82 Å². The van der Waals surface area contributed by atoms with E-state index in [1.54, 1.807) is 13.8 Å². The van der Waals surface area contributed by atoms with Crippen LogP contribution in [0.5, 0.6) is 0 Å². The Morgan fingerprint density at radius 2 is 1.96 bits per heavy atom. The Bertz CT molecular complexity index is 893. The van der Waals surface area contributed by atoms with Gasteiger partial charge in [-0.05, 0) is 13.8 Å². The third-order valence-electron chi connectivity index (χ3n) is 4.28. The Morgan fingerprint density at radius 1 is 1.29 bits per heavy atom. The summed E-state index contributed by atoms with van der Waals surface area (Å²) >= 11 is 0. The van der Waals surface area contributed by atoms with E-state index in [4.69, 9.17) is 24.1 Å². The number of fused-ring (bicyclic) bond motifs is 1. The quantitative estimate of drug-likeness (QED) is 0.601. The van der Waals surface area contributed by atoms with Crippen LogP contribution in [0.1, 0.15) is 32.9 Å². The van der Waals surface area contributed by atoms with Crippen LogP contribution in [-0.4, -0.2) is 57.3 Å². The molecule has 2 aliphatic rings. The van der Waals surface area contributed by atoms with Crippen molar-refractivity contribution in [1.29, 1.82) is 0 Å². The number of hydrogen-bond acceptors (Lipinski definition) is 8. The SMILES string of the molecule is CC1(C)OC2[C@@H](COC(=O)CCC(=O)O)O[C@@H](n3cc(F)c(=O)[nH]c3=O)[C@H]2O1. The molecule has 2 fully saturated rings. The third kappa shape index (κ3) is 4.13. The van der Waals surface area contributed by atoms with E-state index in [1.807, 2.05) is 4.98 Å². The number of carboxylic acid groups (broad SMARTS) is 1. The van der Waals surface area contributed by atoms with Crippen LogP contribution in [0.2, 0.25) is 0 Å². The number of H-pyrrole nitrogens is 1. The van der Waals surface area contributed by atoms with E-state index < -0.39 is 59.3 Å². The number of nitrogens with zero attached hydrogens (tertiary/aromatic N) is 1. The average molecular weight is 402 g/mol. The van der Waals surface area contributed by atoms with Gasteiger partial charge in [-0.2, -0.15) is 4.39 Å². The fourth-order valence-electron chi connectivity index (χ4n) is 3.12. The molecule has 1 aromatic rings. The number of esters is 1. The number of nitrogens with one attached hydrogen (secondary N) is 1. The number of aromatic amines is 1. The number of aromatic nitrogens is 2. The molecule has 28 heavy (non-hydrogen) atoms. The minimum atomic E-state index is -1.18. The van der Waals surface area contributed by atoms with Gasteiger partial charge < -0.3 is 24.1 Å². The van der Waals surface area contributed by atoms with Crippen LogP contribution in [0, 0.1) is 5.82 Å². The van der Waals surface area contributed by atoms with Gasteiger partial charge in [-0.1, -0.05) is 0 Å². The van der Waals surface area contributed by atoms with Crippen LogP contribution in [0.3, 0.4) is 0 Å². The standard InChI is InChI=1S/C16H19FN2O9/c1-16(2)27-11-8(6-25-10(22)4-3-9(20)21)26-14(12(11)28-16)19-5-7(17)13(23)18-15(19)24/h5,8,11-12,14H,3-4,6H2,1-2H3,(H,20,21)(H,18,23,24)/t8-,11?,12+,14-/m1/s1. The first-order valence-electron chi connectivity index (χ1n) is 8.47. The summed E-state index contributed by atoms with van der Waals surface area (Å²) in [7, 11) is 0. The topological polar surface area (TPSA) is 146 Å². The zero-order valence-corrected chi connectivity index (χ0v) is 15.0. The Balaban J connectivity index is 1.78. The number of carboxylic acids is 1. The second-order valence-corrected chi connectivity index (χ2v) is 6.85. The van der Waals surface area contributed by atoms with E-state index in [0.29, 0.717) is 6.20 Å². The maximum absolute atomic E-state index is 13.7. The number of carbonyl (C=O) groups is 2. The molecule has 0 spiro atoms. The molecule has 0 bridgehead atoms. The number of rotatable bonds is 6. The summed E-state index contributed by atoms with van der Waals surface area (Å²) in [6, 6.07) is 0. The molecule has 2 N–H and O–H groups in total. The molecule has 0 aromatic carbocycles. The first-order valence-corrected chi connectivity index (χ1v) is 8.47. The first-order chi connectivity index (χ1) is 13.1. The van der Waals surface area contributed by atoms with Gasteiger partial charge in [0.15, 0.2) is 12.0 Å². The predicted octanol–water partition coefficient (Wildman–Crippen LogP) is -0.499. The van der Waals surface area contributed by atoms with Gasteiger partial charge in [-0.15, -0.1) is 0 Å². The lowest BCUT2D eigenvalue weighted by Crippen LogP contribution is -2.38. The van der Waals surface area contributed by atoms with Gasteiger partial charge in [0.25, 0.3) is 5.56 Å². The molecule has 0 amide bonds. The Labute approximate surface area is 157 Å². The lowest BCUT2D eigenvalue weighted by Gasteiger charge is -2.24. The molecule has 0 saturated carbocycles. The Morgan fingerprint density at radius 3 is 2.64 bits per heavy atom. The van der Waals surface area contributed by atoms with Crippen LogP contribution < -0.4 is 11.2 Å². The molecule has 11 nitrogen and oxygen atoms in total. The maximum Gasteiger partial charge on any atom is 0.330 e. The van der Waals surface area contributed by atoms with E-state index >= 15 is 0 Å². The van der Waals surface area contributed by atoms with Crippen LogP contribution in [0.15, 0.2) is 15.8 Å². The molecule has 4 atom stereocenters. The number of ether oxygens (including phenoxy) is 4. The maximum atomic E-state index is 13.7. The van der Waals surface area contributed by atoms with Crippen LogP contribution >= 0.6 is 0 Å². The second kappa shape index (κ2) is 7.45. The minimum absolute atomic E-state index is 0.282. The van der Waals surface area contributed by atoms with Crippen molar-refractivity contribution in [1.82, 2.24) is 9.55 Å². The molecule has 12 heteroatoms. The summed E-state index contributed by atoms with van der Waals surface area (Å²) in [6.45, 7) is 2.99. The van der Waals surface area contributed by atoms with Crippen LogP contribution in [0.25, 0.3) is 0 Å². The Hall–Kier alpha value is -2.57. The number of hydrogen-bond donors (Lipinski definition) is 2. The zero-order chi connectivity index (χ0) is 20.6. The average Bonchev–Trinajstić information content (AvgIpc) is 3.07. The summed E-state index contributed by atoms with van der Waals surface area (Å²) < 4.78 is 36.7. The molecule has 1 aromatic heterocycles. The highest BCUT2D eigenvalue weighted by Gasteiger charge is 2.56. The zero-order valence-electron chi connectivity index (χ0n) is 15.0. The summed E-state index contributed by atoms with van der Waals surface area (Å²) in [5, 5.41) is 8.59. The molecule has 1 unspecified atom stereocenters. The van der Waals surface area contributed by atoms with E-state index in [0.717, 1.165) is 4.57 Å². The van der Waals surface area contributed by atoms with Crippen molar-refractivity contribution in [3.63, 3.8) is 0 Å². The first kappa shape index (κ1) is 20.2. The van der Waals surface area contributed by atoms with Crippen molar-refractivity contribution in [2.45, 2.75) is 57.0 Å². The van der Waals surface area contributed by atoms with E-state index in [1.165, 1.54) is 0 Å². The molecule has 2 aliphatic heterocycles. The molecular formula is C16H19FN2O9. The smallest absolute Gasteiger partial charge is 0.330 e. The van der Waals surface area contributed by atoms with Crippen LogP contribution in [-0.2, 0) is 28.5 Å². The highest BCUT2D eigenvalue weighted by atomic mass is 19.1. The summed E-state index contributed by atoms with van der Waals surface area (Å²) in [5.41, 5.74) is -2.06. The van der Waals surface area contributed by atoms with E-state index in [-0.39, 0.29) is 19.4 Å². The number of carbonyl (C=O) groups excluding carboxylic acids is 1. The normalized spacial score (nSPS) is 28.1. The van der Waals surface area contributed by atoms with Crippen molar-refractivity contribution < 1.29 is 38.0 Å². The van der Waals surface area contributed by atoms with Crippen molar-refractivity contribution in [3.8, 4) is 0 Å². The summed E-state index contributed by atoms with van der Waals surface area (Å²) in [4.78, 5) is 47.3. The van der Waals surface area contributed by atoms with Crippen molar-refractivity contribution >= 4 is 11.9 Å². The van der Waals surface area contributed by atoms with Crippen molar-refractivity contribution in [2.24, 2.45) is 0 Å². The van der Waals surface area contributed by atoms with Gasteiger partial charge in [0, 0.05) is 0 Å². The van der Waals surface area contributed by atoms with Crippen molar-refractivity contribution in [2.75, 3.05) is 6.61 Å². The van der Waals surface area contributed by atoms with Gasteiger partial charge in [0.1, 0.15) is 24.9 Å². The fraction of sp³-hybridized carbons (Fsp3) is 0.625. The van der Waals surface area contributed by atoms with Gasteiger partial charge >= 0.3 is 17.6 Å². The Kier molecular flexibility index (Phi) is 5.37. The number of halogens is 1. The lowest BCUT2D eigenvalue weighted by atomic mass is 10.1. The van der Waals surface area contributed by atoms with E-state index in [9.17, 15) is 23.6 Å². The molecule has 0 radical (unpaired) electrons. The molecule has 3 rings (SSSR count). The number of aliphatic carboxylic acids is 1. The van der Waals surface area contributed by atoms with Gasteiger partial charge in [0.05, 0.1) is 19.0 Å². The molecule has 2 saturated heterocycles. The molecule has 0 aliphatic carbocycles. The summed E-state index contributed by atoms with van der Waals surface area (Å²) in [6.07, 6.45) is -3.54. The highest BCUT2D eigenvalue weighted by Crippen LogP contribution is 2.42. The molecule has 3 heterocycles. The highest BCUT2D eigenvalue weighted by molar-refractivity contribution is 5.76. The lowest BCUT2D eigenvalue weighted by molar-refractivity contribution is -0.203. The summed E-state index contributed by atoms with van der Waals surface area (Å²) in [5.74, 6) is -4.09. The largest absolute Gasteiger partial charge is 0.481 e. The predicted molar refractivity (Wildman–Crippen MR) is 86.8 cm³/mol. The minimum Gasteiger partial charge on any atom is -0.481 e. The van der Waals surface area contributed by atoms with Crippen LogP contribution in [0.4, 0.5) is 4.39 Å². The second-order valence-electron chi connectivity index (χ2n) is 6.85. The van der Waals surface area contributed by atoms with E-state index in [2.05, 4.69) is 0 Å². The third-order valence-corrected chi connectivity index (χ3v) is 4.28. The fourth-order valence-corrected chi connectivity index (χ4v) is 3.12. The molecule has 154 valence electrons.